The number of hydrogen-bond donors (Lipinski definition) is 2. The number of guanidine groups is 1. The first-order valence-electron chi connectivity index (χ1n) is 6.32. The number of hydrogen-bond acceptors (Lipinski definition) is 2. The lowest BCUT2D eigenvalue weighted by molar-refractivity contribution is 0.147. The Morgan fingerprint density at radius 3 is 2.62 bits per heavy atom. The molecule has 2 fully saturated rings. The van der Waals surface area contributed by atoms with Gasteiger partial charge in [-0.25, -0.2) is 0 Å². The van der Waals surface area contributed by atoms with Gasteiger partial charge >= 0.3 is 0 Å². The summed E-state index contributed by atoms with van der Waals surface area (Å²) in [5.74, 6) is 0.641. The highest BCUT2D eigenvalue weighted by atomic mass is 15.1. The van der Waals surface area contributed by atoms with Crippen molar-refractivity contribution in [1.82, 2.24) is 10.2 Å². The molecule has 0 unspecified atom stereocenters. The number of piperidine rings is 1. The molecule has 1 aliphatic heterocycles. The fourth-order valence-electron chi connectivity index (χ4n) is 2.07. The molecule has 0 radical (unpaired) electrons. The Kier molecular flexibility index (Phi) is 3.38. The van der Waals surface area contributed by atoms with Crippen molar-refractivity contribution >= 4 is 5.96 Å². The molecule has 0 spiro atoms. The van der Waals surface area contributed by atoms with Crippen LogP contribution in [0.4, 0.5) is 0 Å². The van der Waals surface area contributed by atoms with Crippen molar-refractivity contribution in [1.29, 1.82) is 0 Å². The molecule has 0 aromatic carbocycles. The van der Waals surface area contributed by atoms with Gasteiger partial charge in [0.05, 0.1) is 0 Å². The Morgan fingerprint density at radius 1 is 1.44 bits per heavy atom. The van der Waals surface area contributed by atoms with E-state index in [9.17, 15) is 0 Å². The van der Waals surface area contributed by atoms with Crippen molar-refractivity contribution in [3.63, 3.8) is 0 Å². The van der Waals surface area contributed by atoms with Crippen LogP contribution in [0.1, 0.15) is 32.6 Å². The molecule has 0 aromatic heterocycles. The van der Waals surface area contributed by atoms with Gasteiger partial charge in [0.15, 0.2) is 5.96 Å². The van der Waals surface area contributed by atoms with Crippen LogP contribution in [-0.4, -0.2) is 43.6 Å². The van der Waals surface area contributed by atoms with E-state index in [1.165, 1.54) is 38.8 Å². The number of likely N-dealkylation sites (tertiary alicyclic amines) is 1. The van der Waals surface area contributed by atoms with Crippen molar-refractivity contribution < 1.29 is 0 Å². The zero-order valence-electron chi connectivity index (χ0n) is 10.5. The molecule has 92 valence electrons. The second kappa shape index (κ2) is 4.62. The van der Waals surface area contributed by atoms with E-state index in [1.807, 2.05) is 0 Å². The number of nitrogens with zero attached hydrogens (tertiary/aromatic N) is 2. The Hall–Kier alpha value is -0.770. The Balaban J connectivity index is 1.78. The smallest absolute Gasteiger partial charge is 0.188 e. The Bertz CT molecular complexity index is 262. The number of aliphatic imine (C=N–C) groups is 1. The van der Waals surface area contributed by atoms with Gasteiger partial charge in [0, 0.05) is 12.6 Å². The molecule has 0 amide bonds. The highest BCUT2D eigenvalue weighted by Crippen LogP contribution is 2.30. The molecule has 2 aliphatic rings. The molecule has 16 heavy (non-hydrogen) atoms. The first kappa shape index (κ1) is 11.7. The maximum atomic E-state index is 5.85. The summed E-state index contributed by atoms with van der Waals surface area (Å²) >= 11 is 0. The van der Waals surface area contributed by atoms with Gasteiger partial charge in [-0.15, -0.1) is 0 Å². The van der Waals surface area contributed by atoms with Gasteiger partial charge in [-0.05, 0) is 51.2 Å². The summed E-state index contributed by atoms with van der Waals surface area (Å²) in [6.45, 7) is 5.56. The normalized spacial score (nSPS) is 26.8. The van der Waals surface area contributed by atoms with Gasteiger partial charge in [0.1, 0.15) is 0 Å². The van der Waals surface area contributed by atoms with E-state index in [-0.39, 0.29) is 0 Å². The third kappa shape index (κ3) is 3.37. The van der Waals surface area contributed by atoms with Crippen molar-refractivity contribution in [3.05, 3.63) is 0 Å². The molecule has 0 atom stereocenters. The molecule has 0 aromatic rings. The molecule has 2 rings (SSSR count). The third-order valence-corrected chi connectivity index (χ3v) is 3.75. The van der Waals surface area contributed by atoms with Crippen LogP contribution in [0.25, 0.3) is 0 Å². The third-order valence-electron chi connectivity index (χ3n) is 3.75. The molecule has 1 saturated heterocycles. The lowest BCUT2D eigenvalue weighted by Crippen LogP contribution is -2.39. The molecular formula is C12H24N4. The quantitative estimate of drug-likeness (QED) is 0.550. The SMILES string of the molecule is CN1CCC(C)(CN=C(N)NC2CC2)CC1. The van der Waals surface area contributed by atoms with Crippen LogP contribution in [0.5, 0.6) is 0 Å². The average molecular weight is 224 g/mol. The molecule has 4 nitrogen and oxygen atoms in total. The van der Waals surface area contributed by atoms with Crippen LogP contribution in [0.2, 0.25) is 0 Å². The minimum Gasteiger partial charge on any atom is -0.370 e. The first-order valence-corrected chi connectivity index (χ1v) is 6.32. The summed E-state index contributed by atoms with van der Waals surface area (Å²) < 4.78 is 0. The van der Waals surface area contributed by atoms with E-state index in [2.05, 4.69) is 29.2 Å². The van der Waals surface area contributed by atoms with Crippen LogP contribution in [-0.2, 0) is 0 Å². The number of rotatable bonds is 3. The summed E-state index contributed by atoms with van der Waals surface area (Å²) in [5, 5.41) is 3.24. The van der Waals surface area contributed by atoms with Crippen molar-refractivity contribution in [3.8, 4) is 0 Å². The van der Waals surface area contributed by atoms with Crippen molar-refractivity contribution in [2.24, 2.45) is 16.1 Å². The zero-order valence-corrected chi connectivity index (χ0v) is 10.5. The van der Waals surface area contributed by atoms with Crippen LogP contribution in [0.3, 0.4) is 0 Å². The Morgan fingerprint density at radius 2 is 2.06 bits per heavy atom. The first-order chi connectivity index (χ1) is 7.57. The van der Waals surface area contributed by atoms with Gasteiger partial charge in [-0.2, -0.15) is 0 Å². The van der Waals surface area contributed by atoms with Gasteiger partial charge < -0.3 is 16.0 Å². The lowest BCUT2D eigenvalue weighted by Gasteiger charge is -2.36. The summed E-state index contributed by atoms with van der Waals surface area (Å²) in [7, 11) is 2.19. The van der Waals surface area contributed by atoms with Crippen molar-refractivity contribution in [2.75, 3.05) is 26.7 Å². The van der Waals surface area contributed by atoms with E-state index in [4.69, 9.17) is 5.73 Å². The fraction of sp³-hybridized carbons (Fsp3) is 0.917. The topological polar surface area (TPSA) is 53.6 Å². The summed E-state index contributed by atoms with van der Waals surface area (Å²) in [5.41, 5.74) is 6.20. The minimum absolute atomic E-state index is 0.350. The number of nitrogens with two attached hydrogens (primary N) is 1. The van der Waals surface area contributed by atoms with Gasteiger partial charge in [-0.3, -0.25) is 4.99 Å². The fourth-order valence-corrected chi connectivity index (χ4v) is 2.07. The minimum atomic E-state index is 0.350. The van der Waals surface area contributed by atoms with Crippen LogP contribution < -0.4 is 11.1 Å². The highest BCUT2D eigenvalue weighted by molar-refractivity contribution is 5.78. The van der Waals surface area contributed by atoms with Gasteiger partial charge in [0.25, 0.3) is 0 Å². The summed E-state index contributed by atoms with van der Waals surface area (Å²) in [4.78, 5) is 6.88. The monoisotopic (exact) mass is 224 g/mol. The molecule has 3 N–H and O–H groups in total. The molecule has 1 saturated carbocycles. The van der Waals surface area contributed by atoms with Crippen molar-refractivity contribution in [2.45, 2.75) is 38.6 Å². The van der Waals surface area contributed by atoms with E-state index >= 15 is 0 Å². The predicted molar refractivity (Wildman–Crippen MR) is 67.5 cm³/mol. The molecular weight excluding hydrogens is 200 g/mol. The average Bonchev–Trinajstić information content (AvgIpc) is 3.04. The zero-order chi connectivity index (χ0) is 11.6. The molecule has 1 heterocycles. The maximum Gasteiger partial charge on any atom is 0.188 e. The second-order valence-corrected chi connectivity index (χ2v) is 5.73. The standard InChI is InChI=1S/C12H24N4/c1-12(5-7-16(2)8-6-12)9-14-11(13)15-10-3-4-10/h10H,3-9H2,1-2H3,(H3,13,14,15). The Labute approximate surface area is 98.3 Å². The predicted octanol–water partition coefficient (Wildman–Crippen LogP) is 0.785. The van der Waals surface area contributed by atoms with E-state index in [1.54, 1.807) is 0 Å². The van der Waals surface area contributed by atoms with Gasteiger partial charge in [0.2, 0.25) is 0 Å². The maximum absolute atomic E-state index is 5.85. The van der Waals surface area contributed by atoms with Gasteiger partial charge in [-0.1, -0.05) is 6.92 Å². The molecule has 1 aliphatic carbocycles. The van der Waals surface area contributed by atoms with E-state index in [0.29, 0.717) is 17.4 Å². The van der Waals surface area contributed by atoms with E-state index < -0.39 is 0 Å². The van der Waals surface area contributed by atoms with Crippen LogP contribution in [0, 0.1) is 5.41 Å². The summed E-state index contributed by atoms with van der Waals surface area (Å²) in [6, 6.07) is 0.606. The second-order valence-electron chi connectivity index (χ2n) is 5.73. The lowest BCUT2D eigenvalue weighted by atomic mass is 9.80. The summed E-state index contributed by atoms with van der Waals surface area (Å²) in [6.07, 6.45) is 4.95. The highest BCUT2D eigenvalue weighted by Gasteiger charge is 2.29. The van der Waals surface area contributed by atoms with Crippen LogP contribution >= 0.6 is 0 Å². The molecule has 0 bridgehead atoms. The van der Waals surface area contributed by atoms with E-state index in [0.717, 1.165) is 6.54 Å². The number of nitrogens with one attached hydrogen (secondary N) is 1. The molecule has 4 heteroatoms. The van der Waals surface area contributed by atoms with Crippen LogP contribution in [0.15, 0.2) is 4.99 Å². The largest absolute Gasteiger partial charge is 0.370 e.